The van der Waals surface area contributed by atoms with Gasteiger partial charge in [0.2, 0.25) is 5.89 Å². The number of nitrogens with zero attached hydrogens (tertiary/aromatic N) is 3. The van der Waals surface area contributed by atoms with Crippen molar-refractivity contribution in [2.75, 3.05) is 20.7 Å². The summed E-state index contributed by atoms with van der Waals surface area (Å²) >= 11 is 0. The van der Waals surface area contributed by atoms with Crippen molar-refractivity contribution in [3.8, 4) is 0 Å². The van der Waals surface area contributed by atoms with E-state index in [-0.39, 0.29) is 5.97 Å². The van der Waals surface area contributed by atoms with Crippen LogP contribution < -0.4 is 0 Å². The molecule has 0 fully saturated rings. The van der Waals surface area contributed by atoms with Gasteiger partial charge in [-0.1, -0.05) is 18.5 Å². The molecular weight excluding hydrogens is 234 g/mol. The predicted octanol–water partition coefficient (Wildman–Crippen LogP) is 1.41. The number of esters is 1. The Morgan fingerprint density at radius 1 is 1.50 bits per heavy atom. The molecule has 1 aromatic rings. The Hall–Kier alpha value is -1.43. The minimum Gasteiger partial charge on any atom is -0.469 e. The quantitative estimate of drug-likeness (QED) is 0.654. The molecule has 0 unspecified atom stereocenters. The Balaban J connectivity index is 2.32. The summed E-state index contributed by atoms with van der Waals surface area (Å²) in [6.45, 7) is 3.29. The van der Waals surface area contributed by atoms with Crippen molar-refractivity contribution < 1.29 is 14.1 Å². The fourth-order valence-corrected chi connectivity index (χ4v) is 1.48. The lowest BCUT2D eigenvalue weighted by molar-refractivity contribution is -0.140. The van der Waals surface area contributed by atoms with E-state index in [1.165, 1.54) is 7.11 Å². The molecule has 0 aromatic carbocycles. The zero-order chi connectivity index (χ0) is 13.4. The van der Waals surface area contributed by atoms with Gasteiger partial charge in [-0.15, -0.1) is 0 Å². The van der Waals surface area contributed by atoms with Gasteiger partial charge in [0.25, 0.3) is 0 Å². The molecule has 0 N–H and O–H groups in total. The molecule has 1 aromatic heterocycles. The van der Waals surface area contributed by atoms with Gasteiger partial charge < -0.3 is 9.26 Å². The average molecular weight is 255 g/mol. The number of methoxy groups -OCH3 is 1. The summed E-state index contributed by atoms with van der Waals surface area (Å²) in [6.07, 6.45) is 3.40. The topological polar surface area (TPSA) is 68.5 Å². The Kier molecular flexibility index (Phi) is 6.35. The largest absolute Gasteiger partial charge is 0.469 e. The molecule has 0 aliphatic carbocycles. The first-order valence-corrected chi connectivity index (χ1v) is 6.22. The first kappa shape index (κ1) is 14.6. The summed E-state index contributed by atoms with van der Waals surface area (Å²) in [5.74, 6) is 1.14. The Labute approximate surface area is 107 Å². The molecule has 0 aliphatic rings. The van der Waals surface area contributed by atoms with Gasteiger partial charge in [0.1, 0.15) is 0 Å². The van der Waals surface area contributed by atoms with Gasteiger partial charge in [-0.3, -0.25) is 9.69 Å². The number of aromatic nitrogens is 2. The zero-order valence-electron chi connectivity index (χ0n) is 11.3. The van der Waals surface area contributed by atoms with Crippen LogP contribution in [0.3, 0.4) is 0 Å². The van der Waals surface area contributed by atoms with E-state index >= 15 is 0 Å². The van der Waals surface area contributed by atoms with Crippen LogP contribution >= 0.6 is 0 Å². The van der Waals surface area contributed by atoms with E-state index in [1.54, 1.807) is 0 Å². The zero-order valence-corrected chi connectivity index (χ0v) is 11.3. The van der Waals surface area contributed by atoms with Gasteiger partial charge in [0, 0.05) is 13.0 Å². The number of ether oxygens (including phenoxy) is 1. The summed E-state index contributed by atoms with van der Waals surface area (Å²) in [7, 11) is 3.29. The molecule has 18 heavy (non-hydrogen) atoms. The van der Waals surface area contributed by atoms with Crippen molar-refractivity contribution in [1.82, 2.24) is 15.0 Å². The molecule has 0 bridgehead atoms. The maximum Gasteiger partial charge on any atom is 0.306 e. The van der Waals surface area contributed by atoms with Crippen LogP contribution in [0.5, 0.6) is 0 Å². The van der Waals surface area contributed by atoms with Crippen molar-refractivity contribution in [3.05, 3.63) is 11.7 Å². The van der Waals surface area contributed by atoms with Crippen molar-refractivity contribution in [1.29, 1.82) is 0 Å². The van der Waals surface area contributed by atoms with Gasteiger partial charge in [0.15, 0.2) is 5.82 Å². The molecule has 6 heteroatoms. The lowest BCUT2D eigenvalue weighted by atomic mass is 10.2. The molecule has 102 valence electrons. The third-order valence-corrected chi connectivity index (χ3v) is 2.59. The van der Waals surface area contributed by atoms with E-state index in [2.05, 4.69) is 21.8 Å². The molecule has 1 heterocycles. The number of hydrogen-bond donors (Lipinski definition) is 0. The minimum absolute atomic E-state index is 0.212. The summed E-state index contributed by atoms with van der Waals surface area (Å²) in [4.78, 5) is 17.2. The highest BCUT2D eigenvalue weighted by atomic mass is 16.5. The summed E-state index contributed by atoms with van der Waals surface area (Å²) in [5, 5.41) is 3.91. The molecule has 1 rings (SSSR count). The molecule has 0 saturated carbocycles. The number of rotatable bonds is 8. The van der Waals surface area contributed by atoms with Gasteiger partial charge in [-0.2, -0.15) is 4.98 Å². The molecule has 0 amide bonds. The monoisotopic (exact) mass is 255 g/mol. The van der Waals surface area contributed by atoms with E-state index in [4.69, 9.17) is 4.52 Å². The Bertz CT molecular complexity index is 365. The van der Waals surface area contributed by atoms with Gasteiger partial charge in [-0.05, 0) is 13.5 Å². The van der Waals surface area contributed by atoms with Crippen LogP contribution in [0.1, 0.15) is 37.9 Å². The van der Waals surface area contributed by atoms with Crippen LogP contribution in [0.4, 0.5) is 0 Å². The van der Waals surface area contributed by atoms with Crippen molar-refractivity contribution in [3.63, 3.8) is 0 Å². The van der Waals surface area contributed by atoms with Crippen LogP contribution in [0.15, 0.2) is 4.52 Å². The minimum atomic E-state index is -0.212. The second-order valence-corrected chi connectivity index (χ2v) is 4.27. The fraction of sp³-hybridized carbons (Fsp3) is 0.750. The van der Waals surface area contributed by atoms with Crippen LogP contribution in [0.2, 0.25) is 0 Å². The van der Waals surface area contributed by atoms with Gasteiger partial charge in [0.05, 0.1) is 20.1 Å². The fourth-order valence-electron chi connectivity index (χ4n) is 1.48. The van der Waals surface area contributed by atoms with Crippen molar-refractivity contribution in [2.45, 2.75) is 39.2 Å². The number of unbranched alkanes of at least 4 members (excludes halogenated alkanes) is 1. The average Bonchev–Trinajstić information content (AvgIpc) is 2.81. The first-order valence-electron chi connectivity index (χ1n) is 6.22. The van der Waals surface area contributed by atoms with E-state index < -0.39 is 0 Å². The second kappa shape index (κ2) is 7.81. The van der Waals surface area contributed by atoms with E-state index in [0.717, 1.165) is 25.1 Å². The van der Waals surface area contributed by atoms with Crippen molar-refractivity contribution in [2.24, 2.45) is 0 Å². The molecule has 0 spiro atoms. The maximum atomic E-state index is 11.0. The van der Waals surface area contributed by atoms with Crippen LogP contribution in [-0.4, -0.2) is 41.7 Å². The SMILES string of the molecule is CCCCc1noc(CN(C)CCC(=O)OC)n1. The molecule has 6 nitrogen and oxygen atoms in total. The smallest absolute Gasteiger partial charge is 0.306 e. The molecule has 0 radical (unpaired) electrons. The third-order valence-electron chi connectivity index (χ3n) is 2.59. The summed E-state index contributed by atoms with van der Waals surface area (Å²) < 4.78 is 9.73. The summed E-state index contributed by atoms with van der Waals surface area (Å²) in [6, 6.07) is 0. The maximum absolute atomic E-state index is 11.0. The number of carbonyl (C=O) groups is 1. The highest BCUT2D eigenvalue weighted by Gasteiger charge is 2.10. The predicted molar refractivity (Wildman–Crippen MR) is 65.9 cm³/mol. The third kappa shape index (κ3) is 5.27. The van der Waals surface area contributed by atoms with Crippen LogP contribution in [-0.2, 0) is 22.5 Å². The van der Waals surface area contributed by atoms with Gasteiger partial charge in [-0.25, -0.2) is 0 Å². The normalized spacial score (nSPS) is 10.9. The standard InChI is InChI=1S/C12H21N3O3/c1-4-5-6-10-13-11(18-14-10)9-15(2)8-7-12(16)17-3/h4-9H2,1-3H3. The number of hydrogen-bond acceptors (Lipinski definition) is 6. The highest BCUT2D eigenvalue weighted by molar-refractivity contribution is 5.69. The van der Waals surface area contributed by atoms with Crippen LogP contribution in [0.25, 0.3) is 0 Å². The van der Waals surface area contributed by atoms with Crippen molar-refractivity contribution >= 4 is 5.97 Å². The molecule has 0 aliphatic heterocycles. The van der Waals surface area contributed by atoms with E-state index in [1.807, 2.05) is 11.9 Å². The van der Waals surface area contributed by atoms with E-state index in [9.17, 15) is 4.79 Å². The number of carbonyl (C=O) groups excluding carboxylic acids is 1. The van der Waals surface area contributed by atoms with Gasteiger partial charge >= 0.3 is 5.97 Å². The lowest BCUT2D eigenvalue weighted by Crippen LogP contribution is -2.22. The summed E-state index contributed by atoms with van der Waals surface area (Å²) in [5.41, 5.74) is 0. The second-order valence-electron chi connectivity index (χ2n) is 4.27. The first-order chi connectivity index (χ1) is 8.65. The molecule has 0 saturated heterocycles. The van der Waals surface area contributed by atoms with E-state index in [0.29, 0.717) is 25.4 Å². The van der Waals surface area contributed by atoms with Crippen LogP contribution in [0, 0.1) is 0 Å². The molecular formula is C12H21N3O3. The number of aryl methyl sites for hydroxylation is 1. The lowest BCUT2D eigenvalue weighted by Gasteiger charge is -2.12. The molecule has 0 atom stereocenters. The highest BCUT2D eigenvalue weighted by Crippen LogP contribution is 2.04. The Morgan fingerprint density at radius 2 is 2.28 bits per heavy atom. The Morgan fingerprint density at radius 3 is 2.94 bits per heavy atom.